The molecule has 6 atom stereocenters. The van der Waals surface area contributed by atoms with E-state index in [0.29, 0.717) is 5.69 Å². The highest BCUT2D eigenvalue weighted by molar-refractivity contribution is 9.12. The summed E-state index contributed by atoms with van der Waals surface area (Å²) in [6, 6.07) is 6.60. The number of imide groups is 1. The average Bonchev–Trinajstić information content (AvgIpc) is 3.19. The van der Waals surface area contributed by atoms with Gasteiger partial charge in [-0.3, -0.25) is 9.59 Å². The zero-order valence-corrected chi connectivity index (χ0v) is 16.0. The molecule has 5 nitrogen and oxygen atoms in total. The lowest BCUT2D eigenvalue weighted by molar-refractivity contribution is -0.123. The first-order chi connectivity index (χ1) is 11.5. The second-order valence-electron chi connectivity index (χ2n) is 6.52. The lowest BCUT2D eigenvalue weighted by Gasteiger charge is -2.28. The van der Waals surface area contributed by atoms with E-state index in [4.69, 9.17) is 4.74 Å². The monoisotopic (exact) mass is 455 g/mol. The van der Waals surface area contributed by atoms with Crippen LogP contribution in [0.1, 0.15) is 16.8 Å². The molecular weight excluding hydrogens is 442 g/mol. The van der Waals surface area contributed by atoms with Crippen LogP contribution in [0.25, 0.3) is 0 Å². The van der Waals surface area contributed by atoms with E-state index in [1.807, 2.05) is 0 Å². The second-order valence-corrected chi connectivity index (χ2v) is 8.64. The Morgan fingerprint density at radius 3 is 2.17 bits per heavy atom. The topological polar surface area (TPSA) is 63.7 Å². The second kappa shape index (κ2) is 5.66. The van der Waals surface area contributed by atoms with Crippen LogP contribution in [0.15, 0.2) is 24.3 Å². The third kappa shape index (κ3) is 2.00. The fourth-order valence-electron chi connectivity index (χ4n) is 4.54. The average molecular weight is 457 g/mol. The van der Waals surface area contributed by atoms with E-state index < -0.39 is 5.97 Å². The molecule has 4 rings (SSSR count). The summed E-state index contributed by atoms with van der Waals surface area (Å²) in [5.74, 6) is -1.25. The quantitative estimate of drug-likeness (QED) is 0.390. The van der Waals surface area contributed by atoms with E-state index in [1.165, 1.54) is 12.0 Å². The van der Waals surface area contributed by atoms with Crippen molar-refractivity contribution in [1.29, 1.82) is 0 Å². The lowest BCUT2D eigenvalue weighted by Crippen LogP contribution is -2.37. The number of para-hydroxylation sites is 1. The fraction of sp³-hybridized carbons (Fsp3) is 0.471. The number of rotatable bonds is 2. The molecule has 0 N–H and O–H groups in total. The van der Waals surface area contributed by atoms with E-state index in [1.54, 1.807) is 24.3 Å². The van der Waals surface area contributed by atoms with Gasteiger partial charge in [-0.1, -0.05) is 44.0 Å². The van der Waals surface area contributed by atoms with E-state index in [-0.39, 0.29) is 50.7 Å². The summed E-state index contributed by atoms with van der Waals surface area (Å²) in [6.45, 7) is 0. The number of hydrogen-bond acceptors (Lipinski definition) is 4. The summed E-state index contributed by atoms with van der Waals surface area (Å²) in [7, 11) is 1.28. The first kappa shape index (κ1) is 16.3. The summed E-state index contributed by atoms with van der Waals surface area (Å²) in [6.07, 6.45) is 0.880. The molecule has 3 aliphatic rings. The Labute approximate surface area is 156 Å². The van der Waals surface area contributed by atoms with Gasteiger partial charge in [0.15, 0.2) is 0 Å². The number of alkyl halides is 2. The van der Waals surface area contributed by atoms with Crippen LogP contribution in [-0.4, -0.2) is 34.5 Å². The zero-order valence-electron chi connectivity index (χ0n) is 12.8. The van der Waals surface area contributed by atoms with E-state index >= 15 is 0 Å². The van der Waals surface area contributed by atoms with Crippen molar-refractivity contribution in [3.63, 3.8) is 0 Å². The molecule has 0 aromatic heterocycles. The predicted molar refractivity (Wildman–Crippen MR) is 94.3 cm³/mol. The molecule has 0 radical (unpaired) electrons. The first-order valence-corrected chi connectivity index (χ1v) is 9.63. The number of anilines is 1. The Hall–Kier alpha value is -1.21. The number of benzene rings is 1. The van der Waals surface area contributed by atoms with Crippen LogP contribution >= 0.6 is 31.9 Å². The molecule has 0 spiro atoms. The predicted octanol–water partition coefficient (Wildman–Crippen LogP) is 2.76. The van der Waals surface area contributed by atoms with Gasteiger partial charge in [0.05, 0.1) is 30.2 Å². The molecule has 24 heavy (non-hydrogen) atoms. The van der Waals surface area contributed by atoms with Crippen molar-refractivity contribution in [2.45, 2.75) is 16.1 Å². The number of amides is 2. The first-order valence-electron chi connectivity index (χ1n) is 7.80. The number of nitrogens with zero attached hydrogens (tertiary/aromatic N) is 1. The molecule has 2 aliphatic carbocycles. The van der Waals surface area contributed by atoms with Gasteiger partial charge in [-0.2, -0.15) is 0 Å². The molecule has 1 aliphatic heterocycles. The molecule has 1 aromatic carbocycles. The van der Waals surface area contributed by atoms with E-state index in [0.717, 1.165) is 6.42 Å². The Kier molecular flexibility index (Phi) is 3.84. The van der Waals surface area contributed by atoms with E-state index in [2.05, 4.69) is 31.9 Å². The van der Waals surface area contributed by atoms with Gasteiger partial charge in [-0.15, -0.1) is 0 Å². The third-order valence-electron chi connectivity index (χ3n) is 5.54. The number of fused-ring (bicyclic) bond motifs is 5. The van der Waals surface area contributed by atoms with Crippen LogP contribution in [0.2, 0.25) is 0 Å². The number of carbonyl (C=O) groups is 3. The Morgan fingerprint density at radius 2 is 1.62 bits per heavy atom. The maximum absolute atomic E-state index is 13.0. The molecule has 7 heteroatoms. The highest BCUT2D eigenvalue weighted by Gasteiger charge is 2.66. The lowest BCUT2D eigenvalue weighted by atomic mass is 9.81. The number of carbonyl (C=O) groups excluding carboxylic acids is 3. The highest BCUT2D eigenvalue weighted by Crippen LogP contribution is 2.60. The minimum absolute atomic E-state index is 0.149. The number of esters is 1. The highest BCUT2D eigenvalue weighted by atomic mass is 79.9. The largest absolute Gasteiger partial charge is 0.465 e. The van der Waals surface area contributed by atoms with Gasteiger partial charge in [0.25, 0.3) is 0 Å². The van der Waals surface area contributed by atoms with Crippen molar-refractivity contribution in [3.05, 3.63) is 29.8 Å². The maximum Gasteiger partial charge on any atom is 0.339 e. The van der Waals surface area contributed by atoms with Crippen LogP contribution in [0, 0.1) is 23.7 Å². The summed E-state index contributed by atoms with van der Waals surface area (Å²) in [4.78, 5) is 39.6. The minimum Gasteiger partial charge on any atom is -0.465 e. The summed E-state index contributed by atoms with van der Waals surface area (Å²) in [5, 5.41) is 0. The molecule has 1 heterocycles. The fourth-order valence-corrected chi connectivity index (χ4v) is 6.41. The molecular formula is C17H15Br2NO4. The van der Waals surface area contributed by atoms with Crippen molar-refractivity contribution in [3.8, 4) is 0 Å². The molecule has 126 valence electrons. The van der Waals surface area contributed by atoms with Crippen LogP contribution in [0.5, 0.6) is 0 Å². The van der Waals surface area contributed by atoms with Crippen molar-refractivity contribution in [2.75, 3.05) is 12.0 Å². The number of methoxy groups -OCH3 is 1. The third-order valence-corrected chi connectivity index (χ3v) is 8.74. The van der Waals surface area contributed by atoms with Gasteiger partial charge in [0, 0.05) is 9.65 Å². The van der Waals surface area contributed by atoms with Gasteiger partial charge < -0.3 is 4.74 Å². The molecule has 2 bridgehead atoms. The smallest absolute Gasteiger partial charge is 0.339 e. The van der Waals surface area contributed by atoms with Crippen molar-refractivity contribution in [1.82, 2.24) is 0 Å². The standard InChI is InChI=1S/C17H15Br2NO4/c1-24-17(23)7-4-2-3-5-10(7)20-15(21)11-8-6-9(12(11)16(20)22)14(19)13(8)18/h2-5,8-9,11-14H,6H2,1H3/t8-,9-,11-,12+,13-,14+/m0/s1. The number of ether oxygens (including phenoxy) is 1. The summed E-state index contributed by atoms with van der Waals surface area (Å²) < 4.78 is 4.79. The van der Waals surface area contributed by atoms with Crippen LogP contribution in [0.4, 0.5) is 5.69 Å². The van der Waals surface area contributed by atoms with E-state index in [9.17, 15) is 14.4 Å². The van der Waals surface area contributed by atoms with Crippen LogP contribution in [0.3, 0.4) is 0 Å². The Morgan fingerprint density at radius 1 is 1.08 bits per heavy atom. The van der Waals surface area contributed by atoms with Gasteiger partial charge in [-0.25, -0.2) is 9.69 Å². The molecule has 2 saturated carbocycles. The van der Waals surface area contributed by atoms with Crippen molar-refractivity contribution < 1.29 is 19.1 Å². The molecule has 3 fully saturated rings. The van der Waals surface area contributed by atoms with Crippen LogP contribution in [-0.2, 0) is 14.3 Å². The SMILES string of the molecule is COC(=O)c1ccccc1N1C(=O)[C@@H]2[C@@H]3C[C@H]([C@H](Br)[C@@H]3Br)[C@@H]2C1=O. The maximum atomic E-state index is 13.0. The van der Waals surface area contributed by atoms with Crippen molar-refractivity contribution in [2.24, 2.45) is 23.7 Å². The Balaban J connectivity index is 1.76. The Bertz CT molecular complexity index is 720. The molecule has 0 unspecified atom stereocenters. The molecule has 1 aromatic rings. The van der Waals surface area contributed by atoms with Crippen molar-refractivity contribution >= 4 is 55.3 Å². The number of halogens is 2. The number of hydrogen-bond donors (Lipinski definition) is 0. The summed E-state index contributed by atoms with van der Waals surface area (Å²) >= 11 is 7.33. The van der Waals surface area contributed by atoms with Gasteiger partial charge in [-0.05, 0) is 30.4 Å². The van der Waals surface area contributed by atoms with Gasteiger partial charge in [0.1, 0.15) is 0 Å². The van der Waals surface area contributed by atoms with Crippen LogP contribution < -0.4 is 4.90 Å². The van der Waals surface area contributed by atoms with Gasteiger partial charge >= 0.3 is 5.97 Å². The van der Waals surface area contributed by atoms with Gasteiger partial charge in [0.2, 0.25) is 11.8 Å². The normalized spacial score (nSPS) is 37.0. The zero-order chi connectivity index (χ0) is 17.2. The molecule has 1 saturated heterocycles. The summed E-state index contributed by atoms with van der Waals surface area (Å²) in [5.41, 5.74) is 0.560. The minimum atomic E-state index is -0.553. The molecule has 2 amide bonds.